The van der Waals surface area contributed by atoms with E-state index in [9.17, 15) is 14.4 Å². The number of rotatable bonds is 8. The van der Waals surface area contributed by atoms with Gasteiger partial charge in [-0.1, -0.05) is 0 Å². The highest BCUT2D eigenvalue weighted by Gasteiger charge is 2.20. The van der Waals surface area contributed by atoms with Crippen molar-refractivity contribution in [3.63, 3.8) is 0 Å². The molecule has 2 rings (SSSR count). The fraction of sp³-hybridized carbons (Fsp3) is 0.316. The SMILES string of the molecule is COc1cc(NC(=O)CCNC(=O)c2ccco2)c(C(=O)N(C)C)cc1OC. The van der Waals surface area contributed by atoms with Crippen LogP contribution in [0.1, 0.15) is 27.3 Å². The molecule has 28 heavy (non-hydrogen) atoms. The molecular weight excluding hydrogens is 366 g/mol. The number of benzene rings is 1. The van der Waals surface area contributed by atoms with E-state index in [-0.39, 0.29) is 36.1 Å². The second-order valence-electron chi connectivity index (χ2n) is 5.98. The van der Waals surface area contributed by atoms with Crippen LogP contribution < -0.4 is 20.1 Å². The molecule has 0 radical (unpaired) electrons. The largest absolute Gasteiger partial charge is 0.493 e. The third-order valence-corrected chi connectivity index (χ3v) is 3.82. The molecule has 9 nitrogen and oxygen atoms in total. The zero-order chi connectivity index (χ0) is 20.7. The van der Waals surface area contributed by atoms with Gasteiger partial charge in [-0.15, -0.1) is 0 Å². The summed E-state index contributed by atoms with van der Waals surface area (Å²) in [6, 6.07) is 6.16. The molecule has 3 amide bonds. The Bertz CT molecular complexity index is 846. The number of anilines is 1. The number of nitrogens with one attached hydrogen (secondary N) is 2. The Morgan fingerprint density at radius 3 is 2.36 bits per heavy atom. The number of furan rings is 1. The Labute approximate surface area is 162 Å². The van der Waals surface area contributed by atoms with E-state index in [0.717, 1.165) is 0 Å². The van der Waals surface area contributed by atoms with Gasteiger partial charge in [-0.25, -0.2) is 0 Å². The van der Waals surface area contributed by atoms with Gasteiger partial charge in [0, 0.05) is 33.1 Å². The average molecular weight is 389 g/mol. The fourth-order valence-electron chi connectivity index (χ4n) is 2.40. The number of carbonyl (C=O) groups excluding carboxylic acids is 3. The molecule has 0 spiro atoms. The Morgan fingerprint density at radius 2 is 1.79 bits per heavy atom. The third kappa shape index (κ3) is 5.03. The summed E-state index contributed by atoms with van der Waals surface area (Å²) in [6.07, 6.45) is 1.40. The van der Waals surface area contributed by atoms with Gasteiger partial charge >= 0.3 is 0 Å². The maximum absolute atomic E-state index is 12.5. The van der Waals surface area contributed by atoms with Gasteiger partial charge in [-0.3, -0.25) is 14.4 Å². The molecule has 150 valence electrons. The molecule has 0 saturated carbocycles. The van der Waals surface area contributed by atoms with Crippen molar-refractivity contribution in [3.05, 3.63) is 41.9 Å². The Morgan fingerprint density at radius 1 is 1.11 bits per heavy atom. The molecule has 1 heterocycles. The first-order valence-electron chi connectivity index (χ1n) is 8.46. The highest BCUT2D eigenvalue weighted by atomic mass is 16.5. The van der Waals surface area contributed by atoms with Crippen LogP contribution in [0, 0.1) is 0 Å². The first kappa shape index (κ1) is 20.8. The van der Waals surface area contributed by atoms with E-state index >= 15 is 0 Å². The lowest BCUT2D eigenvalue weighted by Crippen LogP contribution is -2.28. The van der Waals surface area contributed by atoms with E-state index in [0.29, 0.717) is 17.2 Å². The first-order chi connectivity index (χ1) is 13.4. The van der Waals surface area contributed by atoms with Gasteiger partial charge in [0.1, 0.15) is 0 Å². The minimum absolute atomic E-state index is 0.0103. The Kier molecular flexibility index (Phi) is 7.02. The number of hydrogen-bond donors (Lipinski definition) is 2. The summed E-state index contributed by atoms with van der Waals surface area (Å²) < 4.78 is 15.4. The smallest absolute Gasteiger partial charge is 0.286 e. The van der Waals surface area contributed by atoms with Crippen molar-refractivity contribution in [1.82, 2.24) is 10.2 Å². The topological polar surface area (TPSA) is 110 Å². The summed E-state index contributed by atoms with van der Waals surface area (Å²) in [4.78, 5) is 37.9. The number of hydrogen-bond acceptors (Lipinski definition) is 6. The van der Waals surface area contributed by atoms with Gasteiger partial charge in [-0.2, -0.15) is 0 Å². The molecule has 0 aliphatic carbocycles. The summed E-state index contributed by atoms with van der Waals surface area (Å²) in [5.41, 5.74) is 0.550. The third-order valence-electron chi connectivity index (χ3n) is 3.82. The van der Waals surface area contributed by atoms with Crippen LogP contribution in [0.3, 0.4) is 0 Å². The van der Waals surface area contributed by atoms with Gasteiger partial charge in [0.05, 0.1) is 31.7 Å². The van der Waals surface area contributed by atoms with Crippen molar-refractivity contribution in [2.24, 2.45) is 0 Å². The molecule has 2 aromatic rings. The fourth-order valence-corrected chi connectivity index (χ4v) is 2.40. The minimum Gasteiger partial charge on any atom is -0.493 e. The van der Waals surface area contributed by atoms with Crippen LogP contribution in [0.4, 0.5) is 5.69 Å². The van der Waals surface area contributed by atoms with Crippen molar-refractivity contribution in [3.8, 4) is 11.5 Å². The van der Waals surface area contributed by atoms with Crippen LogP contribution in [0.5, 0.6) is 11.5 Å². The predicted molar refractivity (Wildman–Crippen MR) is 102 cm³/mol. The molecule has 1 aromatic heterocycles. The summed E-state index contributed by atoms with van der Waals surface area (Å²) in [5, 5.41) is 5.27. The average Bonchev–Trinajstić information content (AvgIpc) is 3.21. The lowest BCUT2D eigenvalue weighted by molar-refractivity contribution is -0.116. The zero-order valence-corrected chi connectivity index (χ0v) is 16.2. The van der Waals surface area contributed by atoms with Crippen LogP contribution in [-0.4, -0.2) is 57.5 Å². The number of methoxy groups -OCH3 is 2. The predicted octanol–water partition coefficient (Wildman–Crippen LogP) is 1.76. The van der Waals surface area contributed by atoms with E-state index in [1.54, 1.807) is 20.2 Å². The monoisotopic (exact) mass is 389 g/mol. The van der Waals surface area contributed by atoms with Crippen molar-refractivity contribution < 1.29 is 28.3 Å². The number of nitrogens with zero attached hydrogens (tertiary/aromatic N) is 1. The Hall–Kier alpha value is -3.49. The molecule has 0 atom stereocenters. The highest BCUT2D eigenvalue weighted by Crippen LogP contribution is 2.34. The van der Waals surface area contributed by atoms with E-state index in [1.165, 1.54) is 43.6 Å². The summed E-state index contributed by atoms with van der Waals surface area (Å²) in [5.74, 6) is -0.177. The standard InChI is InChI=1S/C19H23N3O6/c1-22(2)19(25)12-10-15(26-3)16(27-4)11-13(12)21-17(23)7-8-20-18(24)14-6-5-9-28-14/h5-6,9-11H,7-8H2,1-4H3,(H,20,24)(H,21,23). The minimum atomic E-state index is -0.410. The van der Waals surface area contributed by atoms with Gasteiger partial charge in [0.2, 0.25) is 5.91 Å². The molecule has 2 N–H and O–H groups in total. The summed E-state index contributed by atoms with van der Waals surface area (Å²) in [6.45, 7) is 0.107. The molecule has 0 aliphatic heterocycles. The normalized spacial score (nSPS) is 10.1. The van der Waals surface area contributed by atoms with Crippen molar-refractivity contribution in [2.45, 2.75) is 6.42 Å². The molecule has 0 unspecified atom stereocenters. The second-order valence-corrected chi connectivity index (χ2v) is 5.98. The number of ether oxygens (including phenoxy) is 2. The van der Waals surface area contributed by atoms with E-state index in [1.807, 2.05) is 0 Å². The molecule has 0 aliphatic rings. The quantitative estimate of drug-likeness (QED) is 0.712. The summed E-state index contributed by atoms with van der Waals surface area (Å²) in [7, 11) is 6.13. The van der Waals surface area contributed by atoms with E-state index < -0.39 is 5.91 Å². The van der Waals surface area contributed by atoms with Crippen LogP contribution in [0.2, 0.25) is 0 Å². The molecule has 9 heteroatoms. The first-order valence-corrected chi connectivity index (χ1v) is 8.46. The number of amides is 3. The number of carbonyl (C=O) groups is 3. The van der Waals surface area contributed by atoms with Crippen molar-refractivity contribution in [2.75, 3.05) is 40.2 Å². The van der Waals surface area contributed by atoms with Crippen molar-refractivity contribution in [1.29, 1.82) is 0 Å². The maximum atomic E-state index is 12.5. The second kappa shape index (κ2) is 9.45. The van der Waals surface area contributed by atoms with Crippen LogP contribution in [0.15, 0.2) is 34.9 Å². The van der Waals surface area contributed by atoms with Crippen LogP contribution in [0.25, 0.3) is 0 Å². The van der Waals surface area contributed by atoms with Crippen LogP contribution in [-0.2, 0) is 4.79 Å². The van der Waals surface area contributed by atoms with Gasteiger partial charge in [-0.05, 0) is 18.2 Å². The molecular formula is C19H23N3O6. The zero-order valence-electron chi connectivity index (χ0n) is 16.2. The van der Waals surface area contributed by atoms with Crippen LogP contribution >= 0.6 is 0 Å². The Balaban J connectivity index is 2.09. The molecule has 0 fully saturated rings. The van der Waals surface area contributed by atoms with Gasteiger partial charge < -0.3 is 29.4 Å². The molecule has 0 saturated heterocycles. The van der Waals surface area contributed by atoms with Gasteiger partial charge in [0.15, 0.2) is 17.3 Å². The van der Waals surface area contributed by atoms with E-state index in [2.05, 4.69) is 10.6 Å². The lowest BCUT2D eigenvalue weighted by atomic mass is 10.1. The summed E-state index contributed by atoms with van der Waals surface area (Å²) >= 11 is 0. The van der Waals surface area contributed by atoms with Crippen molar-refractivity contribution >= 4 is 23.4 Å². The van der Waals surface area contributed by atoms with E-state index in [4.69, 9.17) is 13.9 Å². The molecule has 0 bridgehead atoms. The molecule has 1 aromatic carbocycles. The maximum Gasteiger partial charge on any atom is 0.286 e. The highest BCUT2D eigenvalue weighted by molar-refractivity contribution is 6.04. The lowest BCUT2D eigenvalue weighted by Gasteiger charge is -2.18. The van der Waals surface area contributed by atoms with Gasteiger partial charge in [0.25, 0.3) is 11.8 Å².